The van der Waals surface area contributed by atoms with Crippen molar-refractivity contribution in [2.45, 2.75) is 19.4 Å². The first-order chi connectivity index (χ1) is 7.92. The first kappa shape index (κ1) is 14.8. The molecular weight excluding hydrogens is 226 g/mol. The van der Waals surface area contributed by atoms with Crippen LogP contribution in [-0.4, -0.2) is 47.0 Å². The number of amides is 3. The van der Waals surface area contributed by atoms with Gasteiger partial charge < -0.3 is 21.1 Å². The summed E-state index contributed by atoms with van der Waals surface area (Å²) in [5, 5.41) is 10.9. The van der Waals surface area contributed by atoms with Crippen molar-refractivity contribution in [3.63, 3.8) is 0 Å². The van der Waals surface area contributed by atoms with E-state index in [-0.39, 0.29) is 6.54 Å². The van der Waals surface area contributed by atoms with Crippen molar-refractivity contribution < 1.29 is 19.5 Å². The van der Waals surface area contributed by atoms with Crippen molar-refractivity contribution in [3.05, 3.63) is 0 Å². The number of terminal acetylenes is 1. The summed E-state index contributed by atoms with van der Waals surface area (Å²) in [6.07, 6.45) is 4.59. The van der Waals surface area contributed by atoms with Gasteiger partial charge >= 0.3 is 12.0 Å². The van der Waals surface area contributed by atoms with Gasteiger partial charge in [-0.1, -0.05) is 5.92 Å². The van der Waals surface area contributed by atoms with Crippen molar-refractivity contribution in [1.29, 1.82) is 0 Å². The fraction of sp³-hybridized carbons (Fsp3) is 0.500. The third-order valence-corrected chi connectivity index (χ3v) is 1.95. The highest BCUT2D eigenvalue weighted by Crippen LogP contribution is 1.95. The Morgan fingerprint density at radius 3 is 2.47 bits per heavy atom. The fourth-order valence-electron chi connectivity index (χ4n) is 1.08. The average molecular weight is 241 g/mol. The molecular formula is C10H15N3O4. The predicted molar refractivity (Wildman–Crippen MR) is 59.8 cm³/mol. The van der Waals surface area contributed by atoms with Crippen molar-refractivity contribution in [1.82, 2.24) is 10.2 Å². The molecule has 0 aromatic carbocycles. The number of carboxylic acids is 1. The molecule has 0 aliphatic heterocycles. The van der Waals surface area contributed by atoms with Crippen LogP contribution in [0.15, 0.2) is 0 Å². The van der Waals surface area contributed by atoms with E-state index in [0.29, 0.717) is 6.54 Å². The van der Waals surface area contributed by atoms with Crippen molar-refractivity contribution in [3.8, 4) is 12.3 Å². The van der Waals surface area contributed by atoms with Crippen LogP contribution in [-0.2, 0) is 9.59 Å². The molecule has 0 radical (unpaired) electrons. The van der Waals surface area contributed by atoms with Crippen LogP contribution in [0.1, 0.15) is 13.3 Å². The van der Waals surface area contributed by atoms with E-state index >= 15 is 0 Å². The summed E-state index contributed by atoms with van der Waals surface area (Å²) < 4.78 is 0. The molecule has 0 saturated carbocycles. The van der Waals surface area contributed by atoms with Gasteiger partial charge in [0.15, 0.2) is 0 Å². The molecule has 0 saturated heterocycles. The van der Waals surface area contributed by atoms with E-state index in [9.17, 15) is 14.4 Å². The maximum absolute atomic E-state index is 11.6. The van der Waals surface area contributed by atoms with Gasteiger partial charge in [0.05, 0.1) is 13.0 Å². The minimum atomic E-state index is -1.34. The lowest BCUT2D eigenvalue weighted by Crippen LogP contribution is -2.49. The Labute approximate surface area is 99.0 Å². The van der Waals surface area contributed by atoms with E-state index in [1.165, 1.54) is 4.90 Å². The second-order valence-electron chi connectivity index (χ2n) is 3.23. The molecule has 0 rings (SSSR count). The van der Waals surface area contributed by atoms with Gasteiger partial charge in [-0.2, -0.15) is 0 Å². The molecule has 17 heavy (non-hydrogen) atoms. The first-order valence-electron chi connectivity index (χ1n) is 4.92. The number of hydrogen-bond acceptors (Lipinski definition) is 3. The van der Waals surface area contributed by atoms with Crippen LogP contribution in [0.2, 0.25) is 0 Å². The minimum Gasteiger partial charge on any atom is -0.480 e. The molecule has 0 aromatic heterocycles. The van der Waals surface area contributed by atoms with Crippen LogP contribution < -0.4 is 11.1 Å². The van der Waals surface area contributed by atoms with E-state index < -0.39 is 30.4 Å². The number of rotatable bonds is 6. The summed E-state index contributed by atoms with van der Waals surface area (Å²) in [6.45, 7) is 2.09. The third-order valence-electron chi connectivity index (χ3n) is 1.95. The molecule has 4 N–H and O–H groups in total. The van der Waals surface area contributed by atoms with Crippen molar-refractivity contribution >= 4 is 17.9 Å². The highest BCUT2D eigenvalue weighted by Gasteiger charge is 2.23. The predicted octanol–water partition coefficient (Wildman–Crippen LogP) is -1.02. The number of carbonyl (C=O) groups is 3. The Hall–Kier alpha value is -2.23. The summed E-state index contributed by atoms with van der Waals surface area (Å²) in [5.74, 6) is 0.136. The van der Waals surface area contributed by atoms with Crippen molar-refractivity contribution in [2.75, 3.05) is 13.1 Å². The van der Waals surface area contributed by atoms with Gasteiger partial charge in [-0.15, -0.1) is 6.42 Å². The van der Waals surface area contributed by atoms with Crippen molar-refractivity contribution in [2.24, 2.45) is 5.73 Å². The van der Waals surface area contributed by atoms with Gasteiger partial charge in [0.1, 0.15) is 6.04 Å². The lowest BCUT2D eigenvalue weighted by atomic mass is 10.2. The van der Waals surface area contributed by atoms with Gasteiger partial charge in [-0.25, -0.2) is 9.59 Å². The van der Waals surface area contributed by atoms with Gasteiger partial charge in [0.2, 0.25) is 5.91 Å². The van der Waals surface area contributed by atoms with Crippen LogP contribution in [0.4, 0.5) is 4.79 Å². The Kier molecular flexibility index (Phi) is 6.18. The summed E-state index contributed by atoms with van der Waals surface area (Å²) in [5.41, 5.74) is 4.87. The Balaban J connectivity index is 4.54. The van der Waals surface area contributed by atoms with E-state index in [4.69, 9.17) is 17.3 Å². The number of primary amides is 1. The molecule has 0 bridgehead atoms. The number of nitrogens with zero attached hydrogens (tertiary/aromatic N) is 1. The molecule has 0 spiro atoms. The van der Waals surface area contributed by atoms with Gasteiger partial charge in [0, 0.05) is 6.54 Å². The fourth-order valence-corrected chi connectivity index (χ4v) is 1.08. The third kappa shape index (κ3) is 5.41. The van der Waals surface area contributed by atoms with Gasteiger partial charge in [-0.05, 0) is 6.92 Å². The molecule has 1 atom stereocenters. The van der Waals surface area contributed by atoms with Gasteiger partial charge in [-0.3, -0.25) is 4.79 Å². The van der Waals surface area contributed by atoms with E-state index in [1.54, 1.807) is 6.92 Å². The summed E-state index contributed by atoms with van der Waals surface area (Å²) >= 11 is 0. The van der Waals surface area contributed by atoms with Gasteiger partial charge in [0.25, 0.3) is 0 Å². The zero-order valence-electron chi connectivity index (χ0n) is 9.47. The van der Waals surface area contributed by atoms with Crippen LogP contribution in [0.25, 0.3) is 0 Å². The minimum absolute atomic E-state index is 0.0608. The standard InChI is InChI=1S/C10H15N3O4/c1-3-5-13(4-2)10(17)12-7(9(15)16)6-8(11)14/h1,7H,4-6H2,2H3,(H2,11,14)(H,12,17)(H,15,16)/t7-/m1/s1. The number of nitrogens with two attached hydrogens (primary N) is 1. The molecule has 0 aromatic rings. The number of hydrogen-bond donors (Lipinski definition) is 3. The van der Waals surface area contributed by atoms with E-state index in [2.05, 4.69) is 11.2 Å². The first-order valence-corrected chi connectivity index (χ1v) is 4.92. The largest absolute Gasteiger partial charge is 0.480 e. The molecule has 94 valence electrons. The Morgan fingerprint density at radius 2 is 2.12 bits per heavy atom. The summed E-state index contributed by atoms with van der Waals surface area (Å²) in [4.78, 5) is 34.2. The average Bonchev–Trinajstić information content (AvgIpc) is 2.23. The molecule has 0 unspecified atom stereocenters. The number of carboxylic acid groups (broad SMARTS) is 1. The normalized spacial score (nSPS) is 11.1. The second kappa shape index (κ2) is 7.11. The number of carbonyl (C=O) groups excluding carboxylic acids is 2. The van der Waals surface area contributed by atoms with Crippen LogP contribution in [0.5, 0.6) is 0 Å². The molecule has 7 heteroatoms. The summed E-state index contributed by atoms with van der Waals surface area (Å²) in [7, 11) is 0. The smallest absolute Gasteiger partial charge is 0.326 e. The van der Waals surface area contributed by atoms with Crippen LogP contribution in [0, 0.1) is 12.3 Å². The molecule has 0 heterocycles. The second-order valence-corrected chi connectivity index (χ2v) is 3.23. The lowest BCUT2D eigenvalue weighted by Gasteiger charge is -2.21. The zero-order chi connectivity index (χ0) is 13.4. The molecule has 0 aliphatic rings. The van der Waals surface area contributed by atoms with Crippen LogP contribution >= 0.6 is 0 Å². The highest BCUT2D eigenvalue weighted by atomic mass is 16.4. The number of nitrogens with one attached hydrogen (secondary N) is 1. The maximum atomic E-state index is 11.6. The molecule has 3 amide bonds. The topological polar surface area (TPSA) is 113 Å². The zero-order valence-corrected chi connectivity index (χ0v) is 9.47. The SMILES string of the molecule is C#CCN(CC)C(=O)N[C@H](CC(N)=O)C(=O)O. The molecule has 0 aliphatic carbocycles. The van der Waals surface area contributed by atoms with Crippen LogP contribution in [0.3, 0.4) is 0 Å². The monoisotopic (exact) mass is 241 g/mol. The Morgan fingerprint density at radius 1 is 1.53 bits per heavy atom. The summed E-state index contributed by atoms with van der Waals surface area (Å²) in [6, 6.07) is -1.98. The number of aliphatic carboxylic acids is 1. The van der Waals surface area contributed by atoms with E-state index in [0.717, 1.165) is 0 Å². The molecule has 0 fully saturated rings. The highest BCUT2D eigenvalue weighted by molar-refractivity contribution is 5.87. The maximum Gasteiger partial charge on any atom is 0.326 e. The quantitative estimate of drug-likeness (QED) is 0.516. The Bertz CT molecular complexity index is 348. The molecule has 7 nitrogen and oxygen atoms in total. The lowest BCUT2D eigenvalue weighted by molar-refractivity contribution is -0.140. The van der Waals surface area contributed by atoms with E-state index in [1.807, 2.05) is 0 Å². The number of urea groups is 1.